The van der Waals surface area contributed by atoms with Crippen molar-refractivity contribution >= 4 is 5.91 Å². The number of fused-ring (bicyclic) bond motifs is 1. The molecular weight excluding hydrogens is 322 g/mol. The number of aromatic nitrogens is 2. The van der Waals surface area contributed by atoms with Crippen LogP contribution in [0.2, 0.25) is 0 Å². The second-order valence-electron chi connectivity index (χ2n) is 5.98. The van der Waals surface area contributed by atoms with Crippen molar-refractivity contribution in [1.82, 2.24) is 15.3 Å². The lowest BCUT2D eigenvalue weighted by molar-refractivity contribution is -0.130. The smallest absolute Gasteiger partial charge is 0.249 e. The summed E-state index contributed by atoms with van der Waals surface area (Å²) in [6, 6.07) is 5.56. The number of ether oxygens (including phenoxy) is 3. The lowest BCUT2D eigenvalue weighted by Crippen LogP contribution is -2.37. The van der Waals surface area contributed by atoms with Gasteiger partial charge in [-0.05, 0) is 31.5 Å². The number of H-pyrrole nitrogens is 1. The van der Waals surface area contributed by atoms with E-state index >= 15 is 0 Å². The third-order valence-electron chi connectivity index (χ3n) is 4.23. The number of nitrogens with zero attached hydrogens (tertiary/aromatic N) is 1. The summed E-state index contributed by atoms with van der Waals surface area (Å²) < 4.78 is 15.8. The van der Waals surface area contributed by atoms with Crippen molar-refractivity contribution in [2.75, 3.05) is 13.9 Å². The molecule has 0 unspecified atom stereocenters. The van der Waals surface area contributed by atoms with E-state index in [0.29, 0.717) is 0 Å². The molecule has 1 aliphatic heterocycles. The zero-order valence-electron chi connectivity index (χ0n) is 14.7. The standard InChI is InChI=1S/C18H23N3O4/c1-4-5-13(21-18(22)11(2)23-3)17-19-9-14(20-17)12-6-7-15-16(8-12)25-10-24-15/h6-9,11,13H,4-5,10H2,1-3H3,(H,19,20)(H,21,22)/t11-,13-/m0/s1. The summed E-state index contributed by atoms with van der Waals surface area (Å²) in [7, 11) is 1.52. The summed E-state index contributed by atoms with van der Waals surface area (Å²) in [6.07, 6.45) is 2.98. The number of methoxy groups -OCH3 is 1. The zero-order valence-corrected chi connectivity index (χ0v) is 14.7. The highest BCUT2D eigenvalue weighted by molar-refractivity contribution is 5.80. The Hall–Kier alpha value is -2.54. The van der Waals surface area contributed by atoms with Gasteiger partial charge in [-0.15, -0.1) is 0 Å². The van der Waals surface area contributed by atoms with Gasteiger partial charge in [0.1, 0.15) is 11.9 Å². The van der Waals surface area contributed by atoms with E-state index in [2.05, 4.69) is 22.2 Å². The van der Waals surface area contributed by atoms with Crippen LogP contribution >= 0.6 is 0 Å². The predicted molar refractivity (Wildman–Crippen MR) is 92.4 cm³/mol. The highest BCUT2D eigenvalue weighted by Crippen LogP contribution is 2.35. The molecule has 0 radical (unpaired) electrons. The van der Waals surface area contributed by atoms with E-state index in [1.165, 1.54) is 7.11 Å². The number of carbonyl (C=O) groups excluding carboxylic acids is 1. The summed E-state index contributed by atoms with van der Waals surface area (Å²) in [5, 5.41) is 2.99. The molecule has 0 saturated heterocycles. The quantitative estimate of drug-likeness (QED) is 0.806. The summed E-state index contributed by atoms with van der Waals surface area (Å²) in [6.45, 7) is 4.04. The van der Waals surface area contributed by atoms with Crippen LogP contribution in [0, 0.1) is 0 Å². The number of hydrogen-bond donors (Lipinski definition) is 2. The number of carbonyl (C=O) groups is 1. The zero-order chi connectivity index (χ0) is 17.8. The summed E-state index contributed by atoms with van der Waals surface area (Å²) in [5.74, 6) is 2.04. The van der Waals surface area contributed by atoms with Gasteiger partial charge in [-0.25, -0.2) is 4.98 Å². The van der Waals surface area contributed by atoms with Crippen LogP contribution in [0.1, 0.15) is 38.6 Å². The fraction of sp³-hybridized carbons (Fsp3) is 0.444. The third-order valence-corrected chi connectivity index (χ3v) is 4.23. The summed E-state index contributed by atoms with van der Waals surface area (Å²) in [5.41, 5.74) is 1.82. The third kappa shape index (κ3) is 3.76. The van der Waals surface area contributed by atoms with E-state index in [1.54, 1.807) is 13.1 Å². The molecule has 2 atom stereocenters. The van der Waals surface area contributed by atoms with Gasteiger partial charge < -0.3 is 24.5 Å². The Bertz CT molecular complexity index is 744. The van der Waals surface area contributed by atoms with Gasteiger partial charge in [-0.2, -0.15) is 0 Å². The molecule has 1 amide bonds. The molecule has 7 heteroatoms. The van der Waals surface area contributed by atoms with Crippen molar-refractivity contribution in [2.24, 2.45) is 0 Å². The van der Waals surface area contributed by atoms with Gasteiger partial charge in [-0.3, -0.25) is 4.79 Å². The van der Waals surface area contributed by atoms with Crippen molar-refractivity contribution < 1.29 is 19.0 Å². The van der Waals surface area contributed by atoms with Crippen LogP contribution in [0.25, 0.3) is 11.3 Å². The first-order chi connectivity index (χ1) is 12.1. The number of benzene rings is 1. The molecular formula is C18H23N3O4. The molecule has 0 spiro atoms. The van der Waals surface area contributed by atoms with Crippen LogP contribution in [-0.2, 0) is 9.53 Å². The molecule has 25 heavy (non-hydrogen) atoms. The van der Waals surface area contributed by atoms with E-state index in [4.69, 9.17) is 14.2 Å². The maximum Gasteiger partial charge on any atom is 0.249 e. The Balaban J connectivity index is 1.79. The van der Waals surface area contributed by atoms with Gasteiger partial charge >= 0.3 is 0 Å². The Morgan fingerprint density at radius 3 is 2.96 bits per heavy atom. The number of rotatable bonds is 7. The minimum absolute atomic E-state index is 0.151. The van der Waals surface area contributed by atoms with Crippen LogP contribution in [0.4, 0.5) is 0 Å². The van der Waals surface area contributed by atoms with E-state index in [0.717, 1.165) is 41.4 Å². The molecule has 3 rings (SSSR count). The highest BCUT2D eigenvalue weighted by Gasteiger charge is 2.21. The highest BCUT2D eigenvalue weighted by atomic mass is 16.7. The van der Waals surface area contributed by atoms with E-state index < -0.39 is 6.10 Å². The molecule has 0 saturated carbocycles. The molecule has 7 nitrogen and oxygen atoms in total. The molecule has 1 aromatic carbocycles. The lowest BCUT2D eigenvalue weighted by Gasteiger charge is -2.18. The van der Waals surface area contributed by atoms with Gasteiger partial charge in [-0.1, -0.05) is 13.3 Å². The van der Waals surface area contributed by atoms with Gasteiger partial charge in [0.05, 0.1) is 17.9 Å². The molecule has 1 aromatic heterocycles. The van der Waals surface area contributed by atoms with E-state index in [-0.39, 0.29) is 18.7 Å². The number of imidazole rings is 1. The predicted octanol–water partition coefficient (Wildman–Crippen LogP) is 2.80. The summed E-state index contributed by atoms with van der Waals surface area (Å²) >= 11 is 0. The van der Waals surface area contributed by atoms with Crippen LogP contribution in [0.15, 0.2) is 24.4 Å². The maximum atomic E-state index is 12.1. The Kier molecular flexibility index (Phi) is 5.23. The molecule has 134 valence electrons. The molecule has 2 aromatic rings. The van der Waals surface area contributed by atoms with Crippen molar-refractivity contribution in [3.05, 3.63) is 30.2 Å². The lowest BCUT2D eigenvalue weighted by atomic mass is 10.1. The molecule has 2 N–H and O–H groups in total. The van der Waals surface area contributed by atoms with Crippen molar-refractivity contribution in [3.63, 3.8) is 0 Å². The Morgan fingerprint density at radius 2 is 2.20 bits per heavy atom. The number of amides is 1. The average molecular weight is 345 g/mol. The van der Waals surface area contributed by atoms with E-state index in [1.807, 2.05) is 18.2 Å². The minimum atomic E-state index is -0.498. The normalized spacial score (nSPS) is 15.0. The van der Waals surface area contributed by atoms with E-state index in [9.17, 15) is 4.79 Å². The topological polar surface area (TPSA) is 85.5 Å². The van der Waals surface area contributed by atoms with Gasteiger partial charge in [0.15, 0.2) is 11.5 Å². The second kappa shape index (κ2) is 7.57. The van der Waals surface area contributed by atoms with Crippen LogP contribution < -0.4 is 14.8 Å². The molecule has 1 aliphatic rings. The number of aromatic amines is 1. The van der Waals surface area contributed by atoms with Crippen LogP contribution in [0.3, 0.4) is 0 Å². The van der Waals surface area contributed by atoms with Crippen LogP contribution in [-0.4, -0.2) is 35.9 Å². The van der Waals surface area contributed by atoms with Gasteiger partial charge in [0.2, 0.25) is 12.7 Å². The molecule has 0 fully saturated rings. The van der Waals surface area contributed by atoms with Gasteiger partial charge in [0, 0.05) is 12.7 Å². The first-order valence-corrected chi connectivity index (χ1v) is 8.40. The number of nitrogens with one attached hydrogen (secondary N) is 2. The fourth-order valence-electron chi connectivity index (χ4n) is 2.69. The summed E-state index contributed by atoms with van der Waals surface area (Å²) in [4.78, 5) is 19.9. The largest absolute Gasteiger partial charge is 0.454 e. The number of hydrogen-bond acceptors (Lipinski definition) is 5. The monoisotopic (exact) mass is 345 g/mol. The fourth-order valence-corrected chi connectivity index (χ4v) is 2.69. The Morgan fingerprint density at radius 1 is 1.40 bits per heavy atom. The van der Waals surface area contributed by atoms with Crippen LogP contribution in [0.5, 0.6) is 11.5 Å². The Labute approximate surface area is 146 Å². The van der Waals surface area contributed by atoms with Gasteiger partial charge in [0.25, 0.3) is 0 Å². The first kappa shape index (κ1) is 17.3. The molecule has 0 bridgehead atoms. The second-order valence-corrected chi connectivity index (χ2v) is 5.98. The van der Waals surface area contributed by atoms with Crippen molar-refractivity contribution in [3.8, 4) is 22.8 Å². The van der Waals surface area contributed by atoms with Crippen molar-refractivity contribution in [2.45, 2.75) is 38.8 Å². The maximum absolute atomic E-state index is 12.1. The minimum Gasteiger partial charge on any atom is -0.454 e. The molecule has 0 aliphatic carbocycles. The molecule has 2 heterocycles. The first-order valence-electron chi connectivity index (χ1n) is 8.40. The SMILES string of the molecule is CCC[C@H](NC(=O)[C@H](C)OC)c1ncc(-c2ccc3c(c2)OCO3)[nH]1. The van der Waals surface area contributed by atoms with Crippen molar-refractivity contribution in [1.29, 1.82) is 0 Å². The average Bonchev–Trinajstić information content (AvgIpc) is 3.28.